The quantitative estimate of drug-likeness (QED) is 0.906. The molecule has 0 saturated carbocycles. The van der Waals surface area contributed by atoms with Gasteiger partial charge in [-0.25, -0.2) is 4.98 Å². The number of morpholine rings is 1. The number of aliphatic carboxylic acids is 1. The first-order chi connectivity index (χ1) is 8.41. The maximum Gasteiger partial charge on any atom is 0.315 e. The second kappa shape index (κ2) is 4.85. The van der Waals surface area contributed by atoms with Crippen LogP contribution in [0.5, 0.6) is 0 Å². The van der Waals surface area contributed by atoms with Crippen molar-refractivity contribution < 1.29 is 14.6 Å². The maximum absolute atomic E-state index is 11.2. The predicted octanol–water partition coefficient (Wildman–Crippen LogP) is 1.73. The lowest BCUT2D eigenvalue weighted by molar-refractivity contribution is -0.142. The SMILES string of the molecule is CC1CN(c2nc(C(C)(C)C(=O)O)cs2)CCO1. The fraction of sp³-hybridized carbons (Fsp3) is 0.667. The van der Waals surface area contributed by atoms with Crippen LogP contribution >= 0.6 is 11.3 Å². The number of rotatable bonds is 3. The summed E-state index contributed by atoms with van der Waals surface area (Å²) in [6.07, 6.45) is 0.193. The average Bonchev–Trinajstić information content (AvgIpc) is 2.78. The van der Waals surface area contributed by atoms with Gasteiger partial charge < -0.3 is 14.7 Å². The van der Waals surface area contributed by atoms with E-state index in [1.165, 1.54) is 11.3 Å². The Kier molecular flexibility index (Phi) is 3.59. The number of ether oxygens (including phenoxy) is 1. The average molecular weight is 270 g/mol. The van der Waals surface area contributed by atoms with Gasteiger partial charge in [-0.1, -0.05) is 0 Å². The number of hydrogen-bond donors (Lipinski definition) is 1. The largest absolute Gasteiger partial charge is 0.481 e. The first-order valence-electron chi connectivity index (χ1n) is 5.97. The van der Waals surface area contributed by atoms with Gasteiger partial charge >= 0.3 is 5.97 Å². The van der Waals surface area contributed by atoms with Crippen LogP contribution in [0.1, 0.15) is 26.5 Å². The van der Waals surface area contributed by atoms with Crippen molar-refractivity contribution in [2.24, 2.45) is 0 Å². The molecule has 5 nitrogen and oxygen atoms in total. The molecule has 0 radical (unpaired) electrons. The van der Waals surface area contributed by atoms with Gasteiger partial charge in [-0.05, 0) is 20.8 Å². The summed E-state index contributed by atoms with van der Waals surface area (Å²) < 4.78 is 5.48. The monoisotopic (exact) mass is 270 g/mol. The summed E-state index contributed by atoms with van der Waals surface area (Å²) in [6.45, 7) is 7.69. The number of hydrogen-bond acceptors (Lipinski definition) is 5. The smallest absolute Gasteiger partial charge is 0.315 e. The first kappa shape index (κ1) is 13.3. The fourth-order valence-corrected chi connectivity index (χ4v) is 2.83. The van der Waals surface area contributed by atoms with Gasteiger partial charge in [-0.15, -0.1) is 11.3 Å². The zero-order chi connectivity index (χ0) is 13.3. The molecular formula is C12H18N2O3S. The molecule has 18 heavy (non-hydrogen) atoms. The van der Waals surface area contributed by atoms with Crippen molar-refractivity contribution in [1.82, 2.24) is 4.98 Å². The fourth-order valence-electron chi connectivity index (χ4n) is 1.80. The molecule has 1 atom stereocenters. The number of aromatic nitrogens is 1. The Morgan fingerprint density at radius 2 is 2.39 bits per heavy atom. The van der Waals surface area contributed by atoms with E-state index in [-0.39, 0.29) is 6.10 Å². The Morgan fingerprint density at radius 3 is 3.00 bits per heavy atom. The molecule has 6 heteroatoms. The van der Waals surface area contributed by atoms with Gasteiger partial charge in [-0.3, -0.25) is 4.79 Å². The van der Waals surface area contributed by atoms with Gasteiger partial charge in [0.1, 0.15) is 5.41 Å². The van der Waals surface area contributed by atoms with E-state index < -0.39 is 11.4 Å². The third-order valence-corrected chi connectivity index (χ3v) is 4.08. The van der Waals surface area contributed by atoms with Crippen LogP contribution in [0, 0.1) is 0 Å². The van der Waals surface area contributed by atoms with Gasteiger partial charge in [0.15, 0.2) is 5.13 Å². The van der Waals surface area contributed by atoms with Gasteiger partial charge in [0.25, 0.3) is 0 Å². The van der Waals surface area contributed by atoms with Gasteiger partial charge in [-0.2, -0.15) is 0 Å². The Bertz CT molecular complexity index is 444. The van der Waals surface area contributed by atoms with Crippen LogP contribution in [0.3, 0.4) is 0 Å². The summed E-state index contributed by atoms with van der Waals surface area (Å²) in [5, 5.41) is 11.9. The van der Waals surface area contributed by atoms with Crippen LogP contribution in [-0.4, -0.2) is 41.9 Å². The standard InChI is InChI=1S/C12H18N2O3S/c1-8-6-14(4-5-17-8)11-13-9(7-18-11)12(2,3)10(15)16/h7-8H,4-6H2,1-3H3,(H,15,16). The number of thiazole rings is 1. The number of anilines is 1. The summed E-state index contributed by atoms with van der Waals surface area (Å²) in [7, 11) is 0. The highest BCUT2D eigenvalue weighted by atomic mass is 32.1. The zero-order valence-corrected chi connectivity index (χ0v) is 11.7. The van der Waals surface area contributed by atoms with Crippen LogP contribution < -0.4 is 4.90 Å². The normalized spacial score (nSPS) is 21.1. The van der Waals surface area contributed by atoms with Gasteiger partial charge in [0.05, 0.1) is 18.4 Å². The van der Waals surface area contributed by atoms with E-state index in [1.54, 1.807) is 13.8 Å². The topological polar surface area (TPSA) is 62.7 Å². The maximum atomic E-state index is 11.2. The number of carboxylic acids is 1. The van der Waals surface area contributed by atoms with Crippen molar-refractivity contribution >= 4 is 22.4 Å². The Labute approximate surface area is 110 Å². The van der Waals surface area contributed by atoms with Crippen LogP contribution in [-0.2, 0) is 14.9 Å². The van der Waals surface area contributed by atoms with Crippen LogP contribution in [0.25, 0.3) is 0 Å². The summed E-state index contributed by atoms with van der Waals surface area (Å²) in [5.74, 6) is -0.852. The molecule has 0 aromatic carbocycles. The molecule has 100 valence electrons. The van der Waals surface area contributed by atoms with Crippen molar-refractivity contribution in [1.29, 1.82) is 0 Å². The molecule has 0 spiro atoms. The van der Waals surface area contributed by atoms with E-state index in [9.17, 15) is 9.90 Å². The van der Waals surface area contributed by atoms with E-state index in [2.05, 4.69) is 9.88 Å². The summed E-state index contributed by atoms with van der Waals surface area (Å²) >= 11 is 1.50. The molecule has 1 aromatic heterocycles. The Hall–Kier alpha value is -1.14. The molecule has 1 aliphatic heterocycles. The lowest BCUT2D eigenvalue weighted by Crippen LogP contribution is -2.41. The van der Waals surface area contributed by atoms with E-state index in [4.69, 9.17) is 4.74 Å². The molecule has 1 aliphatic rings. The molecule has 1 N–H and O–H groups in total. The molecular weight excluding hydrogens is 252 g/mol. The van der Waals surface area contributed by atoms with E-state index in [1.807, 2.05) is 12.3 Å². The van der Waals surface area contributed by atoms with E-state index in [0.717, 1.165) is 18.2 Å². The lowest BCUT2D eigenvalue weighted by Gasteiger charge is -2.30. The number of carbonyl (C=O) groups is 1. The molecule has 0 bridgehead atoms. The summed E-state index contributed by atoms with van der Waals surface area (Å²) in [4.78, 5) is 17.8. The summed E-state index contributed by atoms with van der Waals surface area (Å²) in [6, 6.07) is 0. The minimum Gasteiger partial charge on any atom is -0.481 e. The third kappa shape index (κ3) is 2.49. The highest BCUT2D eigenvalue weighted by molar-refractivity contribution is 7.13. The predicted molar refractivity (Wildman–Crippen MR) is 70.4 cm³/mol. The molecule has 1 fully saturated rings. The minimum absolute atomic E-state index is 0.193. The van der Waals surface area contributed by atoms with Crippen molar-refractivity contribution in [2.75, 3.05) is 24.6 Å². The highest BCUT2D eigenvalue weighted by Gasteiger charge is 2.33. The molecule has 2 rings (SSSR count). The van der Waals surface area contributed by atoms with Crippen LogP contribution in [0.2, 0.25) is 0 Å². The lowest BCUT2D eigenvalue weighted by atomic mass is 9.90. The molecule has 0 amide bonds. The number of carboxylic acid groups (broad SMARTS) is 1. The third-order valence-electron chi connectivity index (χ3n) is 3.18. The zero-order valence-electron chi connectivity index (χ0n) is 10.8. The molecule has 0 aliphatic carbocycles. The Morgan fingerprint density at radius 1 is 1.67 bits per heavy atom. The van der Waals surface area contributed by atoms with Crippen molar-refractivity contribution in [2.45, 2.75) is 32.3 Å². The molecule has 1 unspecified atom stereocenters. The molecule has 1 aromatic rings. The highest BCUT2D eigenvalue weighted by Crippen LogP contribution is 2.30. The van der Waals surface area contributed by atoms with Crippen molar-refractivity contribution in [3.8, 4) is 0 Å². The second-order valence-corrected chi connectivity index (χ2v) is 5.91. The minimum atomic E-state index is -0.938. The summed E-state index contributed by atoms with van der Waals surface area (Å²) in [5.41, 5.74) is -0.318. The first-order valence-corrected chi connectivity index (χ1v) is 6.85. The van der Waals surface area contributed by atoms with Gasteiger partial charge in [0, 0.05) is 18.5 Å². The molecule has 1 saturated heterocycles. The van der Waals surface area contributed by atoms with E-state index >= 15 is 0 Å². The number of nitrogens with zero attached hydrogens (tertiary/aromatic N) is 2. The van der Waals surface area contributed by atoms with Crippen molar-refractivity contribution in [3.05, 3.63) is 11.1 Å². The van der Waals surface area contributed by atoms with Crippen LogP contribution in [0.15, 0.2) is 5.38 Å². The van der Waals surface area contributed by atoms with Gasteiger partial charge in [0.2, 0.25) is 0 Å². The Balaban J connectivity index is 2.17. The van der Waals surface area contributed by atoms with Crippen LogP contribution in [0.4, 0.5) is 5.13 Å². The van der Waals surface area contributed by atoms with E-state index in [0.29, 0.717) is 12.3 Å². The van der Waals surface area contributed by atoms with Crippen molar-refractivity contribution in [3.63, 3.8) is 0 Å². The second-order valence-electron chi connectivity index (χ2n) is 5.07. The molecule has 2 heterocycles.